The summed E-state index contributed by atoms with van der Waals surface area (Å²) < 4.78 is 16.1. The first kappa shape index (κ1) is 26.1. The molecule has 10 heteroatoms. The molecule has 3 aromatic carbocycles. The van der Waals surface area contributed by atoms with Crippen molar-refractivity contribution in [1.82, 2.24) is 10.4 Å². The number of furan rings is 1. The lowest BCUT2D eigenvalue weighted by molar-refractivity contribution is 0.0695. The lowest BCUT2D eigenvalue weighted by Crippen LogP contribution is -2.19. The second-order valence-electron chi connectivity index (χ2n) is 8.25. The molecule has 0 saturated carbocycles. The Hall–Kier alpha value is -4.53. The third kappa shape index (κ3) is 5.67. The first-order valence-electron chi connectivity index (χ1n) is 11.9. The van der Waals surface area contributed by atoms with Crippen LogP contribution in [0.25, 0.3) is 22.0 Å². The Morgan fingerprint density at radius 3 is 2.64 bits per heavy atom. The SMILES string of the molecule is CCOc1cc(C=NNC(=O)c2[nH]c3ccc(Cl)cc3c2-c2ccccc2Cl)ccc1OC(=O)c1ccco1. The number of hydrazone groups is 1. The Balaban J connectivity index is 1.39. The van der Waals surface area contributed by atoms with Crippen LogP contribution >= 0.6 is 23.2 Å². The van der Waals surface area contributed by atoms with E-state index in [0.29, 0.717) is 39.1 Å². The fraction of sp³-hybridized carbons (Fsp3) is 0.0690. The standard InChI is InChI=1S/C29H21Cl2N3O5/c1-2-37-25-14-17(9-12-23(25)39-29(36)24-8-5-13-38-24)16-32-34-28(35)27-26(19-6-3-4-7-21(19)31)20-15-18(30)10-11-22(20)33-27/h3-16,33H,2H2,1H3,(H,34,35). The molecule has 2 aromatic heterocycles. The van der Waals surface area contributed by atoms with Gasteiger partial charge in [0.15, 0.2) is 11.5 Å². The summed E-state index contributed by atoms with van der Waals surface area (Å²) in [6.45, 7) is 2.15. The lowest BCUT2D eigenvalue weighted by atomic mass is 10.0. The number of ether oxygens (including phenoxy) is 2. The number of nitrogens with zero attached hydrogens (tertiary/aromatic N) is 1. The average molecular weight is 562 g/mol. The van der Waals surface area contributed by atoms with Crippen molar-refractivity contribution in [2.45, 2.75) is 6.92 Å². The maximum absolute atomic E-state index is 13.2. The number of esters is 1. The number of hydrogen-bond donors (Lipinski definition) is 2. The molecule has 1 amide bonds. The normalized spacial score (nSPS) is 11.2. The fourth-order valence-corrected chi connectivity index (χ4v) is 4.40. The second-order valence-corrected chi connectivity index (χ2v) is 9.09. The quantitative estimate of drug-likeness (QED) is 0.0907. The van der Waals surface area contributed by atoms with E-state index >= 15 is 0 Å². The summed E-state index contributed by atoms with van der Waals surface area (Å²) >= 11 is 12.7. The number of fused-ring (bicyclic) bond motifs is 1. The zero-order chi connectivity index (χ0) is 27.4. The van der Waals surface area contributed by atoms with Crippen LogP contribution in [0.5, 0.6) is 11.5 Å². The molecule has 0 unspecified atom stereocenters. The Kier molecular flexibility index (Phi) is 7.67. The number of H-pyrrole nitrogens is 1. The molecule has 39 heavy (non-hydrogen) atoms. The van der Waals surface area contributed by atoms with Gasteiger partial charge in [0.1, 0.15) is 5.69 Å². The van der Waals surface area contributed by atoms with E-state index in [2.05, 4.69) is 15.5 Å². The molecule has 2 N–H and O–H groups in total. The molecule has 0 atom stereocenters. The van der Waals surface area contributed by atoms with Crippen molar-refractivity contribution in [2.75, 3.05) is 6.61 Å². The first-order chi connectivity index (χ1) is 18.9. The summed E-state index contributed by atoms with van der Waals surface area (Å²) in [5.74, 6) is -0.492. The van der Waals surface area contributed by atoms with Gasteiger partial charge in [0.2, 0.25) is 5.76 Å². The molecule has 0 aliphatic carbocycles. The van der Waals surface area contributed by atoms with Gasteiger partial charge in [-0.15, -0.1) is 0 Å². The smallest absolute Gasteiger partial charge is 0.379 e. The number of carbonyl (C=O) groups excluding carboxylic acids is 2. The van der Waals surface area contributed by atoms with E-state index in [0.717, 1.165) is 10.9 Å². The van der Waals surface area contributed by atoms with Gasteiger partial charge in [0, 0.05) is 32.1 Å². The Labute approximate surface area is 233 Å². The number of hydrogen-bond acceptors (Lipinski definition) is 6. The summed E-state index contributed by atoms with van der Waals surface area (Å²) in [5.41, 5.74) is 5.47. The first-order valence-corrected chi connectivity index (χ1v) is 12.6. The average Bonchev–Trinajstić information content (AvgIpc) is 3.59. The summed E-state index contributed by atoms with van der Waals surface area (Å²) in [6.07, 6.45) is 2.84. The molecule has 0 saturated heterocycles. The predicted octanol–water partition coefficient (Wildman–Crippen LogP) is 7.12. The van der Waals surface area contributed by atoms with E-state index in [4.69, 9.17) is 37.1 Å². The number of carbonyl (C=O) groups is 2. The highest BCUT2D eigenvalue weighted by molar-refractivity contribution is 6.34. The lowest BCUT2D eigenvalue weighted by Gasteiger charge is -2.10. The highest BCUT2D eigenvalue weighted by atomic mass is 35.5. The maximum atomic E-state index is 13.2. The maximum Gasteiger partial charge on any atom is 0.379 e. The third-order valence-corrected chi connectivity index (χ3v) is 6.27. The van der Waals surface area contributed by atoms with E-state index in [1.807, 2.05) is 25.1 Å². The van der Waals surface area contributed by atoms with Gasteiger partial charge < -0.3 is 18.9 Å². The van der Waals surface area contributed by atoms with Crippen LogP contribution in [0.4, 0.5) is 0 Å². The van der Waals surface area contributed by atoms with E-state index in [-0.39, 0.29) is 17.2 Å². The number of amides is 1. The van der Waals surface area contributed by atoms with Crippen molar-refractivity contribution in [3.05, 3.63) is 106 Å². The zero-order valence-corrected chi connectivity index (χ0v) is 22.0. The Morgan fingerprint density at radius 2 is 1.87 bits per heavy atom. The number of nitrogens with one attached hydrogen (secondary N) is 2. The van der Waals surface area contributed by atoms with Gasteiger partial charge in [-0.05, 0) is 67.1 Å². The largest absolute Gasteiger partial charge is 0.490 e. The number of halogens is 2. The summed E-state index contributed by atoms with van der Waals surface area (Å²) in [4.78, 5) is 28.6. The minimum absolute atomic E-state index is 0.0706. The Bertz CT molecular complexity index is 1690. The number of rotatable bonds is 8. The molecule has 5 rings (SSSR count). The van der Waals surface area contributed by atoms with Gasteiger partial charge in [0.25, 0.3) is 5.91 Å². The van der Waals surface area contributed by atoms with Crippen LogP contribution in [0.15, 0.2) is 88.6 Å². The van der Waals surface area contributed by atoms with Crippen LogP contribution in [-0.4, -0.2) is 29.7 Å². The van der Waals surface area contributed by atoms with Crippen molar-refractivity contribution in [1.29, 1.82) is 0 Å². The molecule has 2 heterocycles. The van der Waals surface area contributed by atoms with Crippen molar-refractivity contribution < 1.29 is 23.5 Å². The molecule has 0 radical (unpaired) electrons. The van der Waals surface area contributed by atoms with Gasteiger partial charge >= 0.3 is 5.97 Å². The third-order valence-electron chi connectivity index (χ3n) is 5.70. The number of aromatic amines is 1. The minimum atomic E-state index is -0.649. The van der Waals surface area contributed by atoms with E-state index in [1.54, 1.807) is 48.5 Å². The fourth-order valence-electron chi connectivity index (χ4n) is 4.00. The van der Waals surface area contributed by atoms with Crippen LogP contribution in [0.1, 0.15) is 33.5 Å². The topological polar surface area (TPSA) is 106 Å². The van der Waals surface area contributed by atoms with E-state index < -0.39 is 11.9 Å². The molecule has 0 fully saturated rings. The Morgan fingerprint density at radius 1 is 1.03 bits per heavy atom. The van der Waals surface area contributed by atoms with Crippen molar-refractivity contribution in [3.63, 3.8) is 0 Å². The zero-order valence-electron chi connectivity index (χ0n) is 20.5. The number of benzene rings is 3. The van der Waals surface area contributed by atoms with Gasteiger partial charge in [-0.25, -0.2) is 10.2 Å². The van der Waals surface area contributed by atoms with Crippen molar-refractivity contribution in [3.8, 4) is 22.6 Å². The van der Waals surface area contributed by atoms with E-state index in [9.17, 15) is 9.59 Å². The molecule has 0 spiro atoms. The van der Waals surface area contributed by atoms with Gasteiger partial charge in [0.05, 0.1) is 19.1 Å². The van der Waals surface area contributed by atoms with Crippen LogP contribution in [-0.2, 0) is 0 Å². The van der Waals surface area contributed by atoms with Gasteiger partial charge in [-0.3, -0.25) is 4.79 Å². The van der Waals surface area contributed by atoms with Crippen molar-refractivity contribution in [2.24, 2.45) is 5.10 Å². The number of aromatic nitrogens is 1. The van der Waals surface area contributed by atoms with Gasteiger partial charge in [-0.1, -0.05) is 41.4 Å². The summed E-state index contributed by atoms with van der Waals surface area (Å²) in [5, 5.41) is 5.89. The highest BCUT2D eigenvalue weighted by Gasteiger charge is 2.21. The monoisotopic (exact) mass is 561 g/mol. The van der Waals surface area contributed by atoms with Crippen LogP contribution in [0, 0.1) is 0 Å². The molecule has 8 nitrogen and oxygen atoms in total. The molecule has 0 aliphatic rings. The predicted molar refractivity (Wildman–Crippen MR) is 150 cm³/mol. The highest BCUT2D eigenvalue weighted by Crippen LogP contribution is 2.37. The molecular formula is C29H21Cl2N3O5. The second kappa shape index (κ2) is 11.5. The molecule has 5 aromatic rings. The van der Waals surface area contributed by atoms with Crippen LogP contribution in [0.2, 0.25) is 10.0 Å². The molecule has 0 bridgehead atoms. The minimum Gasteiger partial charge on any atom is -0.490 e. The van der Waals surface area contributed by atoms with E-state index in [1.165, 1.54) is 18.5 Å². The summed E-state index contributed by atoms with van der Waals surface area (Å²) in [6, 6.07) is 20.6. The van der Waals surface area contributed by atoms with Crippen LogP contribution in [0.3, 0.4) is 0 Å². The molecule has 196 valence electrons. The van der Waals surface area contributed by atoms with Gasteiger partial charge in [-0.2, -0.15) is 5.10 Å². The molecule has 0 aliphatic heterocycles. The molecular weight excluding hydrogens is 541 g/mol. The van der Waals surface area contributed by atoms with Crippen LogP contribution < -0.4 is 14.9 Å². The summed E-state index contributed by atoms with van der Waals surface area (Å²) in [7, 11) is 0. The van der Waals surface area contributed by atoms with Crippen molar-refractivity contribution >= 4 is 52.2 Å².